The molecule has 2 N–H and O–H groups in total. The van der Waals surface area contributed by atoms with E-state index in [-0.39, 0.29) is 30.3 Å². The molecule has 0 aliphatic heterocycles. The molecular formula is C17H16Cl2N4O3S. The van der Waals surface area contributed by atoms with E-state index in [1.165, 1.54) is 12.1 Å². The number of amides is 1. The molecule has 3 aromatic rings. The number of nitrogens with zero attached hydrogens (tertiary/aromatic N) is 2. The Morgan fingerprint density at radius 2 is 1.93 bits per heavy atom. The minimum absolute atomic E-state index is 0.000997. The van der Waals surface area contributed by atoms with E-state index in [9.17, 15) is 13.2 Å². The summed E-state index contributed by atoms with van der Waals surface area (Å²) >= 11 is 11.7. The number of rotatable bonds is 7. The number of halogens is 2. The minimum Gasteiger partial charge on any atom is -0.350 e. The molecule has 1 amide bonds. The van der Waals surface area contributed by atoms with Gasteiger partial charge in [-0.3, -0.25) is 4.79 Å². The van der Waals surface area contributed by atoms with Crippen molar-refractivity contribution in [2.24, 2.45) is 0 Å². The maximum atomic E-state index is 12.1. The van der Waals surface area contributed by atoms with Crippen molar-refractivity contribution in [1.82, 2.24) is 19.4 Å². The fourth-order valence-corrected chi connectivity index (χ4v) is 3.90. The summed E-state index contributed by atoms with van der Waals surface area (Å²) in [5.74, 6) is -0.293. The largest absolute Gasteiger partial charge is 0.350 e. The van der Waals surface area contributed by atoms with E-state index in [2.05, 4.69) is 15.0 Å². The average molecular weight is 427 g/mol. The third-order valence-electron chi connectivity index (χ3n) is 3.68. The molecule has 7 nitrogen and oxygen atoms in total. The maximum absolute atomic E-state index is 12.1. The summed E-state index contributed by atoms with van der Waals surface area (Å²) in [4.78, 5) is 16.4. The van der Waals surface area contributed by atoms with Crippen molar-refractivity contribution >= 4 is 44.8 Å². The van der Waals surface area contributed by atoms with Gasteiger partial charge < -0.3 is 9.72 Å². The quantitative estimate of drug-likeness (QED) is 0.607. The first-order valence-corrected chi connectivity index (χ1v) is 10.2. The van der Waals surface area contributed by atoms with Gasteiger partial charge in [0.15, 0.2) is 0 Å². The van der Waals surface area contributed by atoms with E-state index in [0.717, 1.165) is 5.65 Å². The fourth-order valence-electron chi connectivity index (χ4n) is 2.40. The van der Waals surface area contributed by atoms with Crippen molar-refractivity contribution in [3.05, 3.63) is 64.5 Å². The first-order valence-electron chi connectivity index (χ1n) is 7.98. The van der Waals surface area contributed by atoms with Gasteiger partial charge in [-0.2, -0.15) is 0 Å². The number of sulfonamides is 1. The summed E-state index contributed by atoms with van der Waals surface area (Å²) < 4.78 is 28.4. The van der Waals surface area contributed by atoms with E-state index in [1.807, 2.05) is 0 Å². The molecule has 10 heteroatoms. The molecule has 0 atom stereocenters. The van der Waals surface area contributed by atoms with Gasteiger partial charge in [0.1, 0.15) is 5.65 Å². The van der Waals surface area contributed by atoms with Crippen LogP contribution in [-0.4, -0.2) is 30.3 Å². The summed E-state index contributed by atoms with van der Waals surface area (Å²) in [5.41, 5.74) is 1.39. The van der Waals surface area contributed by atoms with Crippen molar-refractivity contribution in [2.45, 2.75) is 17.9 Å². The Morgan fingerprint density at radius 1 is 1.11 bits per heavy atom. The van der Waals surface area contributed by atoms with Crippen LogP contribution in [0, 0.1) is 0 Å². The molecule has 0 radical (unpaired) electrons. The summed E-state index contributed by atoms with van der Waals surface area (Å²) in [6, 6.07) is 9.42. The van der Waals surface area contributed by atoms with Crippen molar-refractivity contribution < 1.29 is 13.2 Å². The van der Waals surface area contributed by atoms with E-state index in [4.69, 9.17) is 23.2 Å². The van der Waals surface area contributed by atoms with Gasteiger partial charge in [-0.05, 0) is 30.3 Å². The molecule has 1 aromatic carbocycles. The molecule has 2 aromatic heterocycles. The second-order valence-corrected chi connectivity index (χ2v) is 8.37. The van der Waals surface area contributed by atoms with Crippen LogP contribution in [0.25, 0.3) is 5.65 Å². The lowest BCUT2D eigenvalue weighted by Gasteiger charge is -2.07. The predicted molar refractivity (Wildman–Crippen MR) is 103 cm³/mol. The Kier molecular flexibility index (Phi) is 6.01. The Labute approximate surface area is 166 Å². The zero-order valence-corrected chi connectivity index (χ0v) is 16.4. The molecule has 3 rings (SSSR count). The number of pyridine rings is 1. The number of aromatic nitrogens is 2. The van der Waals surface area contributed by atoms with Gasteiger partial charge in [-0.1, -0.05) is 29.3 Å². The van der Waals surface area contributed by atoms with Crippen LogP contribution in [0.2, 0.25) is 10.0 Å². The highest BCUT2D eigenvalue weighted by Gasteiger charge is 2.14. The van der Waals surface area contributed by atoms with Crippen LogP contribution in [-0.2, 0) is 21.4 Å². The maximum Gasteiger partial charge on any atom is 0.240 e. The molecule has 0 bridgehead atoms. The number of carbonyl (C=O) groups is 1. The normalized spacial score (nSPS) is 11.6. The van der Waals surface area contributed by atoms with Gasteiger partial charge in [-0.25, -0.2) is 18.1 Å². The number of imidazole rings is 1. The third-order valence-corrected chi connectivity index (χ3v) is 5.60. The van der Waals surface area contributed by atoms with Gasteiger partial charge in [0.05, 0.1) is 22.2 Å². The van der Waals surface area contributed by atoms with E-state index < -0.39 is 10.0 Å². The Balaban J connectivity index is 1.49. The molecular weight excluding hydrogens is 411 g/mol. The lowest BCUT2D eigenvalue weighted by molar-refractivity contribution is -0.121. The standard InChI is InChI=1S/C17H16Cl2N4O3S/c18-12-2-1-3-15(8-12)27(25,26)21-7-6-17(24)20-9-14-11-23-10-13(19)4-5-16(23)22-14/h1-5,8,10-11,21H,6-7,9H2,(H,20,24). The van der Waals surface area contributed by atoms with Gasteiger partial charge in [-0.15, -0.1) is 0 Å². The smallest absolute Gasteiger partial charge is 0.240 e. The SMILES string of the molecule is O=C(CCNS(=O)(=O)c1cccc(Cl)c1)NCc1cn2cc(Cl)ccc2n1. The summed E-state index contributed by atoms with van der Waals surface area (Å²) in [6.45, 7) is 0.209. The molecule has 27 heavy (non-hydrogen) atoms. The number of nitrogens with one attached hydrogen (secondary N) is 2. The number of hydrogen-bond donors (Lipinski definition) is 2. The first kappa shape index (κ1) is 19.6. The van der Waals surface area contributed by atoms with Crippen molar-refractivity contribution in [3.63, 3.8) is 0 Å². The highest BCUT2D eigenvalue weighted by Crippen LogP contribution is 2.15. The van der Waals surface area contributed by atoms with Gasteiger partial charge in [0.2, 0.25) is 15.9 Å². The predicted octanol–water partition coefficient (Wildman–Crippen LogP) is 2.63. The van der Waals surface area contributed by atoms with Crippen LogP contribution in [0.1, 0.15) is 12.1 Å². The molecule has 0 aliphatic rings. The summed E-state index contributed by atoms with van der Waals surface area (Å²) in [6.07, 6.45) is 3.49. The highest BCUT2D eigenvalue weighted by atomic mass is 35.5. The molecule has 0 unspecified atom stereocenters. The van der Waals surface area contributed by atoms with Crippen molar-refractivity contribution in [2.75, 3.05) is 6.54 Å². The Bertz CT molecular complexity index is 1080. The minimum atomic E-state index is -3.71. The fraction of sp³-hybridized carbons (Fsp3) is 0.176. The molecule has 0 saturated heterocycles. The third kappa shape index (κ3) is 5.20. The topological polar surface area (TPSA) is 92.6 Å². The highest BCUT2D eigenvalue weighted by molar-refractivity contribution is 7.89. The number of carbonyl (C=O) groups excluding carboxylic acids is 1. The lowest BCUT2D eigenvalue weighted by atomic mass is 10.4. The van der Waals surface area contributed by atoms with Crippen LogP contribution in [0.3, 0.4) is 0 Å². The number of hydrogen-bond acceptors (Lipinski definition) is 4. The Morgan fingerprint density at radius 3 is 2.70 bits per heavy atom. The van der Waals surface area contributed by atoms with Gasteiger partial charge >= 0.3 is 0 Å². The molecule has 142 valence electrons. The van der Waals surface area contributed by atoms with Gasteiger partial charge in [0, 0.05) is 30.4 Å². The van der Waals surface area contributed by atoms with Crippen LogP contribution in [0.4, 0.5) is 0 Å². The van der Waals surface area contributed by atoms with Crippen LogP contribution in [0.15, 0.2) is 53.7 Å². The van der Waals surface area contributed by atoms with Crippen LogP contribution in [0.5, 0.6) is 0 Å². The number of fused-ring (bicyclic) bond motifs is 1. The first-order chi connectivity index (χ1) is 12.8. The second kappa shape index (κ2) is 8.26. The van der Waals surface area contributed by atoms with Crippen LogP contribution >= 0.6 is 23.2 Å². The summed E-state index contributed by atoms with van der Waals surface area (Å²) in [5, 5.41) is 3.62. The lowest BCUT2D eigenvalue weighted by Crippen LogP contribution is -2.30. The van der Waals surface area contributed by atoms with Crippen LogP contribution < -0.4 is 10.0 Å². The van der Waals surface area contributed by atoms with E-state index in [0.29, 0.717) is 15.7 Å². The molecule has 2 heterocycles. The molecule has 0 spiro atoms. The monoisotopic (exact) mass is 426 g/mol. The molecule has 0 saturated carbocycles. The average Bonchev–Trinajstić information content (AvgIpc) is 3.02. The van der Waals surface area contributed by atoms with E-state index >= 15 is 0 Å². The zero-order valence-electron chi connectivity index (χ0n) is 14.0. The summed E-state index contributed by atoms with van der Waals surface area (Å²) in [7, 11) is -3.71. The zero-order chi connectivity index (χ0) is 19.4. The van der Waals surface area contributed by atoms with Crippen molar-refractivity contribution in [3.8, 4) is 0 Å². The second-order valence-electron chi connectivity index (χ2n) is 5.73. The number of benzene rings is 1. The van der Waals surface area contributed by atoms with Gasteiger partial charge in [0.25, 0.3) is 0 Å². The van der Waals surface area contributed by atoms with Crippen molar-refractivity contribution in [1.29, 1.82) is 0 Å². The van der Waals surface area contributed by atoms with E-state index in [1.54, 1.807) is 41.1 Å². The molecule has 0 aliphatic carbocycles. The molecule has 0 fully saturated rings. The Hall–Kier alpha value is -2.13.